The summed E-state index contributed by atoms with van der Waals surface area (Å²) in [6.07, 6.45) is 0.715. The Morgan fingerprint density at radius 2 is 2.11 bits per heavy atom. The van der Waals surface area contributed by atoms with Gasteiger partial charge in [-0.05, 0) is 0 Å². The van der Waals surface area contributed by atoms with Gasteiger partial charge in [0.1, 0.15) is 0 Å². The first-order valence-electron chi connectivity index (χ1n) is 6.31. The number of carbonyl (C=O) groups is 1. The standard InChI is InChI=1S/C12H22N4O2/c1-18-11(10-14)9-12(17)16-7-5-15(6-8-16)4-2-3-13/h11H,2,4-10,14H2,1H3. The maximum absolute atomic E-state index is 12.0. The first-order chi connectivity index (χ1) is 8.71. The van der Waals surface area contributed by atoms with Gasteiger partial charge in [0.25, 0.3) is 0 Å². The van der Waals surface area contributed by atoms with Crippen LogP contribution in [0.4, 0.5) is 0 Å². The second-order valence-corrected chi connectivity index (χ2v) is 4.43. The van der Waals surface area contributed by atoms with Crippen molar-refractivity contribution < 1.29 is 9.53 Å². The fraction of sp³-hybridized carbons (Fsp3) is 0.833. The predicted molar refractivity (Wildman–Crippen MR) is 67.7 cm³/mol. The first-order valence-corrected chi connectivity index (χ1v) is 6.31. The van der Waals surface area contributed by atoms with Crippen molar-refractivity contribution in [1.82, 2.24) is 9.80 Å². The van der Waals surface area contributed by atoms with E-state index in [-0.39, 0.29) is 12.0 Å². The van der Waals surface area contributed by atoms with E-state index in [4.69, 9.17) is 15.7 Å². The lowest BCUT2D eigenvalue weighted by Gasteiger charge is -2.34. The Hall–Kier alpha value is -1.16. The van der Waals surface area contributed by atoms with Crippen molar-refractivity contribution in [3.8, 4) is 6.07 Å². The normalized spacial score (nSPS) is 18.4. The molecule has 0 aromatic heterocycles. The van der Waals surface area contributed by atoms with Crippen molar-refractivity contribution in [1.29, 1.82) is 5.26 Å². The van der Waals surface area contributed by atoms with Gasteiger partial charge in [0.2, 0.25) is 5.91 Å². The maximum atomic E-state index is 12.0. The van der Waals surface area contributed by atoms with E-state index in [2.05, 4.69) is 11.0 Å². The molecule has 18 heavy (non-hydrogen) atoms. The van der Waals surface area contributed by atoms with Crippen molar-refractivity contribution in [2.75, 3.05) is 46.4 Å². The molecule has 2 N–H and O–H groups in total. The van der Waals surface area contributed by atoms with Crippen molar-refractivity contribution >= 4 is 5.91 Å². The fourth-order valence-electron chi connectivity index (χ4n) is 2.02. The third-order valence-electron chi connectivity index (χ3n) is 3.26. The van der Waals surface area contributed by atoms with E-state index >= 15 is 0 Å². The Balaban J connectivity index is 2.29. The molecule has 1 amide bonds. The summed E-state index contributed by atoms with van der Waals surface area (Å²) >= 11 is 0. The number of carbonyl (C=O) groups excluding carboxylic acids is 1. The number of nitrogens with two attached hydrogens (primary N) is 1. The topological polar surface area (TPSA) is 82.6 Å². The molecule has 1 heterocycles. The highest BCUT2D eigenvalue weighted by Gasteiger charge is 2.22. The second-order valence-electron chi connectivity index (χ2n) is 4.43. The van der Waals surface area contributed by atoms with E-state index in [0.717, 1.165) is 32.7 Å². The highest BCUT2D eigenvalue weighted by atomic mass is 16.5. The number of methoxy groups -OCH3 is 1. The van der Waals surface area contributed by atoms with Gasteiger partial charge in [0.15, 0.2) is 0 Å². The van der Waals surface area contributed by atoms with E-state index < -0.39 is 0 Å². The molecule has 1 rings (SSSR count). The minimum absolute atomic E-state index is 0.104. The van der Waals surface area contributed by atoms with Gasteiger partial charge in [-0.2, -0.15) is 5.26 Å². The van der Waals surface area contributed by atoms with Crippen LogP contribution in [0.3, 0.4) is 0 Å². The number of hydrogen-bond donors (Lipinski definition) is 1. The highest BCUT2D eigenvalue weighted by Crippen LogP contribution is 2.06. The zero-order valence-corrected chi connectivity index (χ0v) is 11.0. The molecule has 1 saturated heterocycles. The van der Waals surface area contributed by atoms with Crippen LogP contribution in [0.2, 0.25) is 0 Å². The van der Waals surface area contributed by atoms with Gasteiger partial charge < -0.3 is 15.4 Å². The van der Waals surface area contributed by atoms with E-state index in [9.17, 15) is 4.79 Å². The number of piperazine rings is 1. The summed E-state index contributed by atoms with van der Waals surface area (Å²) in [5, 5.41) is 8.52. The minimum atomic E-state index is -0.186. The van der Waals surface area contributed by atoms with Crippen LogP contribution in [-0.2, 0) is 9.53 Å². The van der Waals surface area contributed by atoms with Crippen LogP contribution in [0.25, 0.3) is 0 Å². The molecule has 0 aromatic carbocycles. The molecular formula is C12H22N4O2. The van der Waals surface area contributed by atoms with Gasteiger partial charge in [0.05, 0.1) is 18.6 Å². The molecule has 0 aromatic rings. The number of nitriles is 1. The number of amides is 1. The third-order valence-corrected chi connectivity index (χ3v) is 3.26. The summed E-state index contributed by atoms with van der Waals surface area (Å²) in [4.78, 5) is 16.0. The van der Waals surface area contributed by atoms with Gasteiger partial charge >= 0.3 is 0 Å². The van der Waals surface area contributed by atoms with E-state index in [1.54, 1.807) is 7.11 Å². The van der Waals surface area contributed by atoms with Crippen LogP contribution in [0.15, 0.2) is 0 Å². The number of ether oxygens (including phenoxy) is 1. The lowest BCUT2D eigenvalue weighted by Crippen LogP contribution is -2.49. The largest absolute Gasteiger partial charge is 0.380 e. The third kappa shape index (κ3) is 4.61. The Morgan fingerprint density at radius 3 is 2.61 bits per heavy atom. The Morgan fingerprint density at radius 1 is 1.44 bits per heavy atom. The van der Waals surface area contributed by atoms with E-state index in [0.29, 0.717) is 19.4 Å². The average Bonchev–Trinajstić information content (AvgIpc) is 2.42. The summed E-state index contributed by atoms with van der Waals surface area (Å²) in [6, 6.07) is 2.14. The van der Waals surface area contributed by atoms with Gasteiger partial charge in [-0.15, -0.1) is 0 Å². The van der Waals surface area contributed by atoms with Crippen molar-refractivity contribution in [3.05, 3.63) is 0 Å². The summed E-state index contributed by atoms with van der Waals surface area (Å²) in [5.41, 5.74) is 5.50. The number of nitrogens with zero attached hydrogens (tertiary/aromatic N) is 3. The maximum Gasteiger partial charge on any atom is 0.225 e. The van der Waals surface area contributed by atoms with Gasteiger partial charge in [0, 0.05) is 52.8 Å². The van der Waals surface area contributed by atoms with Crippen LogP contribution >= 0.6 is 0 Å². The molecule has 1 fully saturated rings. The Kier molecular flexibility index (Phi) is 6.65. The molecule has 1 atom stereocenters. The zero-order valence-electron chi connectivity index (χ0n) is 11.0. The molecular weight excluding hydrogens is 232 g/mol. The summed E-state index contributed by atoms with van der Waals surface area (Å²) in [5.74, 6) is 0.104. The molecule has 102 valence electrons. The first kappa shape index (κ1) is 14.9. The lowest BCUT2D eigenvalue weighted by molar-refractivity contribution is -0.135. The minimum Gasteiger partial charge on any atom is -0.380 e. The zero-order chi connectivity index (χ0) is 13.4. The predicted octanol–water partition coefficient (Wildman–Crippen LogP) is -0.592. The second kappa shape index (κ2) is 8.03. The van der Waals surface area contributed by atoms with Gasteiger partial charge in [-0.1, -0.05) is 0 Å². The smallest absolute Gasteiger partial charge is 0.225 e. The molecule has 0 aliphatic carbocycles. The number of rotatable bonds is 6. The fourth-order valence-corrected chi connectivity index (χ4v) is 2.02. The molecule has 6 heteroatoms. The van der Waals surface area contributed by atoms with Crippen LogP contribution in [0, 0.1) is 11.3 Å². The van der Waals surface area contributed by atoms with E-state index in [1.165, 1.54) is 0 Å². The monoisotopic (exact) mass is 254 g/mol. The molecule has 1 aliphatic heterocycles. The van der Waals surface area contributed by atoms with E-state index in [1.807, 2.05) is 4.90 Å². The van der Waals surface area contributed by atoms with Crippen molar-refractivity contribution in [3.63, 3.8) is 0 Å². The quantitative estimate of drug-likeness (QED) is 0.685. The molecule has 1 aliphatic rings. The molecule has 1 unspecified atom stereocenters. The van der Waals surface area contributed by atoms with Crippen molar-refractivity contribution in [2.45, 2.75) is 18.9 Å². The molecule has 0 spiro atoms. The Bertz CT molecular complexity index is 291. The molecule has 6 nitrogen and oxygen atoms in total. The Labute approximate surface area is 108 Å². The molecule has 0 saturated carbocycles. The summed E-state index contributed by atoms with van der Waals surface area (Å²) in [6.45, 7) is 4.30. The van der Waals surface area contributed by atoms with Gasteiger partial charge in [-0.25, -0.2) is 0 Å². The van der Waals surface area contributed by atoms with Crippen molar-refractivity contribution in [2.24, 2.45) is 5.73 Å². The van der Waals surface area contributed by atoms with Crippen LogP contribution in [-0.4, -0.2) is 68.2 Å². The summed E-state index contributed by atoms with van der Waals surface area (Å²) < 4.78 is 5.12. The lowest BCUT2D eigenvalue weighted by atomic mass is 10.2. The highest BCUT2D eigenvalue weighted by molar-refractivity contribution is 5.76. The van der Waals surface area contributed by atoms with Gasteiger partial charge in [-0.3, -0.25) is 9.69 Å². The average molecular weight is 254 g/mol. The SMILES string of the molecule is COC(CN)CC(=O)N1CCN(CCC#N)CC1. The number of hydrogen-bond acceptors (Lipinski definition) is 5. The van der Waals surface area contributed by atoms with Crippen LogP contribution < -0.4 is 5.73 Å². The van der Waals surface area contributed by atoms with Crippen LogP contribution in [0.5, 0.6) is 0 Å². The molecule has 0 bridgehead atoms. The summed E-state index contributed by atoms with van der Waals surface area (Å²) in [7, 11) is 1.57. The van der Waals surface area contributed by atoms with Crippen LogP contribution in [0.1, 0.15) is 12.8 Å². The molecule has 0 radical (unpaired) electrons.